The topological polar surface area (TPSA) is 0 Å². The number of halogens is 2. The molecule has 2 aliphatic rings. The normalized spacial score (nSPS) is 12.4. The molecule has 0 fully saturated rings. The summed E-state index contributed by atoms with van der Waals surface area (Å²) in [5.74, 6) is 0. The molecule has 0 spiro atoms. The van der Waals surface area contributed by atoms with E-state index in [1.54, 1.807) is 0 Å². The summed E-state index contributed by atoms with van der Waals surface area (Å²) in [7, 11) is 1.86. The summed E-state index contributed by atoms with van der Waals surface area (Å²) in [5.41, 5.74) is 2.72. The molecular formula is C16H28Cl2SiTi-4. The third-order valence-corrected chi connectivity index (χ3v) is 2.29. The standard InChI is InChI=1S/2C7H9.2CH3.2ClH.H2Si.Ti/c2*1-2-7-5-3-4-6-7;;;;;;/h2*3,5H,2,4H2,1H3;2*1H3;2*1H;1H2;/q4*-1;;;;. The van der Waals surface area contributed by atoms with Gasteiger partial charge in [-0.2, -0.15) is 12.2 Å². The summed E-state index contributed by atoms with van der Waals surface area (Å²) in [6.45, 7) is 4.30. The van der Waals surface area contributed by atoms with Gasteiger partial charge >= 0.3 is 26.8 Å². The van der Waals surface area contributed by atoms with Gasteiger partial charge in [-0.05, 0) is 0 Å². The third kappa shape index (κ3) is 16.5. The Morgan fingerprint density at radius 2 is 1.20 bits per heavy atom. The van der Waals surface area contributed by atoms with Crippen LogP contribution in [0.1, 0.15) is 39.5 Å². The van der Waals surface area contributed by atoms with E-state index in [2.05, 4.69) is 50.3 Å². The van der Waals surface area contributed by atoms with Crippen molar-refractivity contribution in [3.05, 3.63) is 62.5 Å². The predicted octanol–water partition coefficient (Wildman–Crippen LogP) is 5.00. The van der Waals surface area contributed by atoms with E-state index in [1.807, 2.05) is 26.8 Å². The Labute approximate surface area is 153 Å². The van der Waals surface area contributed by atoms with Gasteiger partial charge in [0.25, 0.3) is 0 Å². The summed E-state index contributed by atoms with van der Waals surface area (Å²) in [6.07, 6.45) is 19.3. The second-order valence-electron chi connectivity index (χ2n) is 3.32. The second-order valence-corrected chi connectivity index (χ2v) is 3.32. The zero-order valence-electron chi connectivity index (χ0n) is 13.2. The summed E-state index contributed by atoms with van der Waals surface area (Å²) < 4.78 is 0. The molecule has 0 radical (unpaired) electrons. The quantitative estimate of drug-likeness (QED) is 0.476. The Morgan fingerprint density at radius 1 is 0.900 bits per heavy atom. The molecule has 0 unspecified atom stereocenters. The van der Waals surface area contributed by atoms with E-state index in [0.29, 0.717) is 0 Å². The van der Waals surface area contributed by atoms with Gasteiger partial charge in [0.05, 0.1) is 0 Å². The molecule has 20 heavy (non-hydrogen) atoms. The van der Waals surface area contributed by atoms with Crippen molar-refractivity contribution in [2.45, 2.75) is 39.5 Å². The summed E-state index contributed by atoms with van der Waals surface area (Å²) in [5, 5.41) is 0. The van der Waals surface area contributed by atoms with E-state index in [-0.39, 0.29) is 39.7 Å². The van der Waals surface area contributed by atoms with Crippen molar-refractivity contribution < 1.29 is 19.2 Å². The molecule has 4 heteroatoms. The number of hydrogen-bond acceptors (Lipinski definition) is 0. The molecule has 2 aliphatic carbocycles. The first-order chi connectivity index (χ1) is 7.86. The fourth-order valence-electron chi connectivity index (χ4n) is 1.39. The maximum atomic E-state index is 3.21. The van der Waals surface area contributed by atoms with Gasteiger partial charge in [-0.15, -0.1) is 37.7 Å². The molecule has 118 valence electrons. The summed E-state index contributed by atoms with van der Waals surface area (Å²) >= 11 is 2.03. The predicted molar refractivity (Wildman–Crippen MR) is 97.5 cm³/mol. The van der Waals surface area contributed by atoms with Gasteiger partial charge in [-0.3, -0.25) is 12.2 Å². The summed E-state index contributed by atoms with van der Waals surface area (Å²) in [4.78, 5) is 0. The van der Waals surface area contributed by atoms with Crippen LogP contribution in [-0.2, 0) is 19.2 Å². The van der Waals surface area contributed by atoms with Crippen molar-refractivity contribution in [2.75, 3.05) is 0 Å². The Hall–Kier alpha value is 0.471. The molecular weight excluding hydrogens is 339 g/mol. The first-order valence-corrected chi connectivity index (χ1v) is 9.76. The fourth-order valence-corrected chi connectivity index (χ4v) is 1.39. The average Bonchev–Trinajstić information content (AvgIpc) is 3.05. The molecule has 0 saturated heterocycles. The molecule has 0 aromatic rings. The van der Waals surface area contributed by atoms with Crippen LogP contribution in [0.5, 0.6) is 0 Å². The minimum atomic E-state index is 0. The fraction of sp³-hybridized carbons (Fsp3) is 0.375. The average molecular weight is 367 g/mol. The molecule has 0 N–H and O–H groups in total. The maximum absolute atomic E-state index is 3.21. The van der Waals surface area contributed by atoms with Crippen LogP contribution in [0.15, 0.2) is 35.5 Å². The Morgan fingerprint density at radius 3 is 1.30 bits per heavy atom. The first-order valence-electron chi connectivity index (χ1n) is 5.74. The molecule has 0 aromatic heterocycles. The van der Waals surface area contributed by atoms with Gasteiger partial charge in [0, 0.05) is 0 Å². The van der Waals surface area contributed by atoms with Crippen LogP contribution in [-0.4, -0.2) is 7.63 Å². The van der Waals surface area contributed by atoms with Gasteiger partial charge in [-0.25, -0.2) is 23.3 Å². The van der Waals surface area contributed by atoms with E-state index >= 15 is 0 Å². The Kier molecular flexibility index (Phi) is 39.7. The number of allylic oxidation sites excluding steroid dienone is 8. The van der Waals surface area contributed by atoms with Crippen LogP contribution in [0.3, 0.4) is 0 Å². The van der Waals surface area contributed by atoms with Crippen LogP contribution in [0.25, 0.3) is 0 Å². The van der Waals surface area contributed by atoms with E-state index < -0.39 is 0 Å². The SMILES string of the molecule is CCC1=[C-]CC=C1.CCC1=[C-]CC=C1.Cl.Cl.[CH3-].[CH3-].[SiH2]=[Ti]. The van der Waals surface area contributed by atoms with Gasteiger partial charge in [0.15, 0.2) is 0 Å². The van der Waals surface area contributed by atoms with Crippen molar-refractivity contribution >= 4 is 32.4 Å². The molecule has 0 atom stereocenters. The third-order valence-electron chi connectivity index (χ3n) is 2.29. The van der Waals surface area contributed by atoms with E-state index in [4.69, 9.17) is 0 Å². The molecule has 0 aliphatic heterocycles. The van der Waals surface area contributed by atoms with Crippen molar-refractivity contribution in [1.29, 1.82) is 0 Å². The van der Waals surface area contributed by atoms with Gasteiger partial charge in [-0.1, -0.05) is 26.7 Å². The number of hydrogen-bond donors (Lipinski definition) is 0. The number of rotatable bonds is 2. The van der Waals surface area contributed by atoms with Crippen LogP contribution >= 0.6 is 24.8 Å². The van der Waals surface area contributed by atoms with Crippen molar-refractivity contribution in [1.82, 2.24) is 0 Å². The Bertz CT molecular complexity index is 278. The van der Waals surface area contributed by atoms with Gasteiger partial charge in [0.2, 0.25) is 0 Å². The molecule has 0 heterocycles. The zero-order chi connectivity index (χ0) is 12.2. The Balaban J connectivity index is -0.0000000566. The molecule has 2 rings (SSSR count). The molecule has 0 saturated carbocycles. The van der Waals surface area contributed by atoms with Gasteiger partial charge < -0.3 is 14.9 Å². The van der Waals surface area contributed by atoms with Crippen molar-refractivity contribution in [3.63, 3.8) is 0 Å². The molecule has 0 bridgehead atoms. The second kappa shape index (κ2) is 24.5. The van der Waals surface area contributed by atoms with E-state index in [9.17, 15) is 0 Å². The molecule has 0 nitrogen and oxygen atoms in total. The van der Waals surface area contributed by atoms with E-state index in [1.165, 1.54) is 11.1 Å². The van der Waals surface area contributed by atoms with Crippen molar-refractivity contribution in [3.8, 4) is 0 Å². The van der Waals surface area contributed by atoms with Crippen LogP contribution in [0.4, 0.5) is 0 Å². The van der Waals surface area contributed by atoms with E-state index in [0.717, 1.165) is 25.7 Å². The monoisotopic (exact) mass is 366 g/mol. The molecule has 0 aromatic carbocycles. The minimum absolute atomic E-state index is 0. The summed E-state index contributed by atoms with van der Waals surface area (Å²) in [6, 6.07) is 0. The van der Waals surface area contributed by atoms with Crippen LogP contribution in [0.2, 0.25) is 0 Å². The van der Waals surface area contributed by atoms with Crippen LogP contribution in [0, 0.1) is 27.0 Å². The van der Waals surface area contributed by atoms with Crippen LogP contribution < -0.4 is 0 Å². The zero-order valence-corrected chi connectivity index (χ0v) is 17.8. The van der Waals surface area contributed by atoms with Crippen molar-refractivity contribution in [2.24, 2.45) is 0 Å². The molecule has 0 amide bonds. The first kappa shape index (κ1) is 32.4. The van der Waals surface area contributed by atoms with Gasteiger partial charge in [0.1, 0.15) is 0 Å².